The molecule has 1 aliphatic heterocycles. The molecule has 1 fully saturated rings. The molecule has 4 nitrogen and oxygen atoms in total. The zero-order valence-corrected chi connectivity index (χ0v) is 9.62. The van der Waals surface area contributed by atoms with Crippen LogP contribution in [-0.4, -0.2) is 40.7 Å². The van der Waals surface area contributed by atoms with Crippen LogP contribution in [0.1, 0.15) is 18.1 Å². The van der Waals surface area contributed by atoms with E-state index in [2.05, 4.69) is 4.90 Å². The van der Waals surface area contributed by atoms with Gasteiger partial charge in [-0.3, -0.25) is 9.69 Å². The van der Waals surface area contributed by atoms with Crippen molar-refractivity contribution >= 4 is 5.97 Å². The van der Waals surface area contributed by atoms with E-state index in [0.717, 1.165) is 18.7 Å². The van der Waals surface area contributed by atoms with Crippen molar-refractivity contribution in [3.8, 4) is 0 Å². The monoisotopic (exact) mass is 235 g/mol. The summed E-state index contributed by atoms with van der Waals surface area (Å²) in [6.07, 6.45) is -0.250. The molecule has 1 atom stereocenters. The van der Waals surface area contributed by atoms with Gasteiger partial charge in [-0.25, -0.2) is 0 Å². The first-order valence-electron chi connectivity index (χ1n) is 5.82. The quantitative estimate of drug-likeness (QED) is 0.803. The summed E-state index contributed by atoms with van der Waals surface area (Å²) in [5.74, 6) is -0.492. The number of benzene rings is 1. The van der Waals surface area contributed by atoms with E-state index in [4.69, 9.17) is 5.11 Å². The van der Waals surface area contributed by atoms with Gasteiger partial charge >= 0.3 is 5.97 Å². The van der Waals surface area contributed by atoms with E-state index in [0.29, 0.717) is 6.54 Å². The highest BCUT2D eigenvalue weighted by atomic mass is 16.4. The van der Waals surface area contributed by atoms with Crippen LogP contribution >= 0.6 is 0 Å². The lowest BCUT2D eigenvalue weighted by molar-refractivity contribution is -0.139. The summed E-state index contributed by atoms with van der Waals surface area (Å²) in [5.41, 5.74) is 0.911. The van der Waals surface area contributed by atoms with Crippen molar-refractivity contribution in [2.45, 2.75) is 12.5 Å². The Balaban J connectivity index is 1.75. The van der Waals surface area contributed by atoms with Crippen molar-refractivity contribution in [1.29, 1.82) is 0 Å². The third-order valence-electron chi connectivity index (χ3n) is 3.11. The van der Waals surface area contributed by atoms with Crippen molar-refractivity contribution < 1.29 is 15.0 Å². The van der Waals surface area contributed by atoms with Crippen molar-refractivity contribution in [3.05, 3.63) is 35.9 Å². The lowest BCUT2D eigenvalue weighted by Gasteiger charge is -2.39. The van der Waals surface area contributed by atoms with Crippen LogP contribution in [0.2, 0.25) is 0 Å². The normalized spacial score (nSPS) is 18.6. The standard InChI is InChI=1S/C13H17NO3/c15-12(11-4-2-1-3-5-11)9-14-7-10(8-14)6-13(16)17/h1-5,10,12,15H,6-9H2,(H,16,17). The van der Waals surface area contributed by atoms with E-state index < -0.39 is 12.1 Å². The first-order chi connectivity index (χ1) is 8.15. The van der Waals surface area contributed by atoms with Crippen molar-refractivity contribution in [2.75, 3.05) is 19.6 Å². The number of aliphatic hydroxyl groups excluding tert-OH is 1. The summed E-state index contributed by atoms with van der Waals surface area (Å²) in [4.78, 5) is 12.6. The molecule has 1 aliphatic rings. The van der Waals surface area contributed by atoms with Crippen LogP contribution in [0, 0.1) is 5.92 Å². The lowest BCUT2D eigenvalue weighted by Crippen LogP contribution is -2.48. The maximum atomic E-state index is 10.5. The van der Waals surface area contributed by atoms with Gasteiger partial charge < -0.3 is 10.2 Å². The van der Waals surface area contributed by atoms with Gasteiger partial charge in [-0.1, -0.05) is 30.3 Å². The number of rotatable bonds is 5. The van der Waals surface area contributed by atoms with E-state index in [1.165, 1.54) is 0 Å². The molecule has 17 heavy (non-hydrogen) atoms. The number of nitrogens with zero attached hydrogens (tertiary/aromatic N) is 1. The predicted octanol–water partition coefficient (Wildman–Crippen LogP) is 1.13. The number of carboxylic acid groups (broad SMARTS) is 1. The largest absolute Gasteiger partial charge is 0.481 e. The zero-order valence-electron chi connectivity index (χ0n) is 9.62. The van der Waals surface area contributed by atoms with Crippen LogP contribution in [-0.2, 0) is 4.79 Å². The summed E-state index contributed by atoms with van der Waals surface area (Å²) in [6, 6.07) is 9.53. The van der Waals surface area contributed by atoms with Crippen molar-refractivity contribution in [3.63, 3.8) is 0 Å². The van der Waals surface area contributed by atoms with E-state index in [9.17, 15) is 9.90 Å². The molecule has 0 amide bonds. The van der Waals surface area contributed by atoms with Gasteiger partial charge in [0, 0.05) is 19.6 Å². The number of hydrogen-bond acceptors (Lipinski definition) is 3. The molecule has 1 saturated heterocycles. The molecule has 92 valence electrons. The highest BCUT2D eigenvalue weighted by molar-refractivity contribution is 5.67. The molecule has 0 radical (unpaired) electrons. The van der Waals surface area contributed by atoms with E-state index in [-0.39, 0.29) is 12.3 Å². The average Bonchev–Trinajstić information content (AvgIpc) is 2.26. The Bertz CT molecular complexity index is 374. The summed E-state index contributed by atoms with van der Waals surface area (Å²) in [7, 11) is 0. The molecule has 4 heteroatoms. The average molecular weight is 235 g/mol. The minimum Gasteiger partial charge on any atom is -0.481 e. The van der Waals surface area contributed by atoms with Crippen molar-refractivity contribution in [2.24, 2.45) is 5.92 Å². The number of carbonyl (C=O) groups is 1. The molecule has 1 aromatic rings. The maximum absolute atomic E-state index is 10.5. The van der Waals surface area contributed by atoms with Gasteiger partial charge in [0.15, 0.2) is 0 Å². The molecule has 0 saturated carbocycles. The molecule has 0 aromatic heterocycles. The van der Waals surface area contributed by atoms with Gasteiger partial charge in [0.2, 0.25) is 0 Å². The minimum atomic E-state index is -0.738. The van der Waals surface area contributed by atoms with Crippen LogP contribution in [0.25, 0.3) is 0 Å². The lowest BCUT2D eigenvalue weighted by atomic mass is 9.95. The summed E-state index contributed by atoms with van der Waals surface area (Å²) in [5, 5.41) is 18.6. The zero-order chi connectivity index (χ0) is 12.3. The Morgan fingerprint density at radius 3 is 2.59 bits per heavy atom. The Kier molecular flexibility index (Phi) is 3.76. The first-order valence-corrected chi connectivity index (χ1v) is 5.82. The number of β-amino-alcohol motifs (C(OH)–C–C–N with tert-alkyl or cyclic N) is 1. The summed E-state index contributed by atoms with van der Waals surface area (Å²) < 4.78 is 0. The molecule has 1 heterocycles. The minimum absolute atomic E-state index is 0.234. The smallest absolute Gasteiger partial charge is 0.303 e. The molecule has 0 spiro atoms. The Hall–Kier alpha value is -1.39. The number of aliphatic carboxylic acids is 1. The molecule has 2 N–H and O–H groups in total. The summed E-state index contributed by atoms with van der Waals surface area (Å²) >= 11 is 0. The molecule has 1 unspecified atom stereocenters. The van der Waals surface area contributed by atoms with Gasteiger partial charge in [0.05, 0.1) is 12.5 Å². The Morgan fingerprint density at radius 2 is 2.00 bits per heavy atom. The van der Waals surface area contributed by atoms with Gasteiger partial charge in [-0.15, -0.1) is 0 Å². The Morgan fingerprint density at radius 1 is 1.35 bits per heavy atom. The molecule has 0 bridgehead atoms. The predicted molar refractivity (Wildman–Crippen MR) is 63.6 cm³/mol. The SMILES string of the molecule is O=C(O)CC1CN(CC(O)c2ccccc2)C1. The molecule has 2 rings (SSSR count). The van der Waals surface area contributed by atoms with Gasteiger partial charge in [-0.05, 0) is 11.5 Å². The van der Waals surface area contributed by atoms with E-state index in [1.54, 1.807) is 0 Å². The van der Waals surface area contributed by atoms with Gasteiger partial charge in [0.25, 0.3) is 0 Å². The van der Waals surface area contributed by atoms with E-state index in [1.807, 2.05) is 30.3 Å². The first kappa shape index (κ1) is 12.1. The second-order valence-electron chi connectivity index (χ2n) is 4.61. The topological polar surface area (TPSA) is 60.8 Å². The van der Waals surface area contributed by atoms with Crippen LogP contribution in [0.15, 0.2) is 30.3 Å². The molecule has 1 aromatic carbocycles. The number of likely N-dealkylation sites (tertiary alicyclic amines) is 1. The maximum Gasteiger partial charge on any atom is 0.303 e. The van der Waals surface area contributed by atoms with E-state index >= 15 is 0 Å². The molecular weight excluding hydrogens is 218 g/mol. The van der Waals surface area contributed by atoms with Crippen LogP contribution in [0.3, 0.4) is 0 Å². The fourth-order valence-corrected chi connectivity index (χ4v) is 2.23. The second-order valence-corrected chi connectivity index (χ2v) is 4.61. The fraction of sp³-hybridized carbons (Fsp3) is 0.462. The Labute approximate surface area is 100 Å². The second kappa shape index (κ2) is 5.29. The fourth-order valence-electron chi connectivity index (χ4n) is 2.23. The number of hydrogen-bond donors (Lipinski definition) is 2. The van der Waals surface area contributed by atoms with Crippen LogP contribution in [0.4, 0.5) is 0 Å². The van der Waals surface area contributed by atoms with Crippen LogP contribution in [0.5, 0.6) is 0 Å². The van der Waals surface area contributed by atoms with Gasteiger partial charge in [-0.2, -0.15) is 0 Å². The van der Waals surface area contributed by atoms with Crippen LogP contribution < -0.4 is 0 Å². The number of aliphatic hydroxyl groups is 1. The number of carboxylic acids is 1. The highest BCUT2D eigenvalue weighted by Gasteiger charge is 2.29. The highest BCUT2D eigenvalue weighted by Crippen LogP contribution is 2.22. The third kappa shape index (κ3) is 3.28. The third-order valence-corrected chi connectivity index (χ3v) is 3.11. The summed E-state index contributed by atoms with van der Waals surface area (Å²) in [6.45, 7) is 2.13. The molecular formula is C13H17NO3. The van der Waals surface area contributed by atoms with Crippen molar-refractivity contribution in [1.82, 2.24) is 4.90 Å². The van der Waals surface area contributed by atoms with Gasteiger partial charge in [0.1, 0.15) is 0 Å². The molecule has 0 aliphatic carbocycles.